The smallest absolute Gasteiger partial charge is 0.322 e. The number of aromatic hydroxyl groups is 1. The number of hydrogen-bond donors (Lipinski definition) is 3. The fourth-order valence-electron chi connectivity index (χ4n) is 3.47. The fraction of sp³-hybridized carbons (Fsp3) is 0.190. The van der Waals surface area contributed by atoms with Crippen LogP contribution in [-0.2, 0) is 9.59 Å². The Morgan fingerprint density at radius 1 is 1.17 bits per heavy atom. The SMILES string of the molecule is Cc1c([C@@H](C)C(=O)NCC(=O)O)c2c(F)c(O)ccc2n1C(=O)c1cccc(F)c1. The van der Waals surface area contributed by atoms with E-state index in [-0.39, 0.29) is 27.7 Å². The number of carboxylic acids is 1. The number of carbonyl (C=O) groups is 3. The number of phenolic OH excluding ortho intramolecular Hbond substituents is 1. The Balaban J connectivity index is 2.22. The molecule has 1 heterocycles. The molecular weight excluding hydrogens is 398 g/mol. The number of benzene rings is 2. The third-order valence-electron chi connectivity index (χ3n) is 4.85. The summed E-state index contributed by atoms with van der Waals surface area (Å²) in [5.41, 5.74) is 0.427. The first-order valence-corrected chi connectivity index (χ1v) is 8.95. The topological polar surface area (TPSA) is 109 Å². The highest BCUT2D eigenvalue weighted by Crippen LogP contribution is 2.37. The van der Waals surface area contributed by atoms with Gasteiger partial charge in [0.05, 0.1) is 11.4 Å². The van der Waals surface area contributed by atoms with Crippen molar-refractivity contribution in [1.29, 1.82) is 0 Å². The predicted molar refractivity (Wildman–Crippen MR) is 103 cm³/mol. The number of aromatic nitrogens is 1. The first-order chi connectivity index (χ1) is 14.1. The lowest BCUT2D eigenvalue weighted by molar-refractivity contribution is -0.138. The minimum atomic E-state index is -1.25. The Labute approximate surface area is 169 Å². The highest BCUT2D eigenvalue weighted by molar-refractivity contribution is 6.06. The van der Waals surface area contributed by atoms with Crippen LogP contribution in [0.2, 0.25) is 0 Å². The zero-order valence-electron chi connectivity index (χ0n) is 16.1. The predicted octanol–water partition coefficient (Wildman–Crippen LogP) is 2.93. The van der Waals surface area contributed by atoms with Gasteiger partial charge < -0.3 is 15.5 Å². The normalized spacial score (nSPS) is 12.0. The minimum absolute atomic E-state index is 0.0121. The molecule has 2 aromatic carbocycles. The molecule has 1 aromatic heterocycles. The molecule has 0 spiro atoms. The summed E-state index contributed by atoms with van der Waals surface area (Å²) < 4.78 is 29.6. The summed E-state index contributed by atoms with van der Waals surface area (Å²) in [7, 11) is 0. The van der Waals surface area contributed by atoms with Crippen LogP contribution in [0.3, 0.4) is 0 Å². The molecule has 9 heteroatoms. The second kappa shape index (κ2) is 7.94. The third-order valence-corrected chi connectivity index (χ3v) is 4.85. The van der Waals surface area contributed by atoms with Gasteiger partial charge in [0.2, 0.25) is 5.91 Å². The van der Waals surface area contributed by atoms with Gasteiger partial charge in [-0.2, -0.15) is 0 Å². The minimum Gasteiger partial charge on any atom is -0.505 e. The van der Waals surface area contributed by atoms with Crippen LogP contribution in [0.5, 0.6) is 5.75 Å². The van der Waals surface area contributed by atoms with Crippen molar-refractivity contribution in [2.75, 3.05) is 6.54 Å². The van der Waals surface area contributed by atoms with Crippen LogP contribution in [0.25, 0.3) is 10.9 Å². The van der Waals surface area contributed by atoms with Crippen LogP contribution in [0, 0.1) is 18.6 Å². The van der Waals surface area contributed by atoms with Crippen LogP contribution in [-0.4, -0.2) is 39.1 Å². The summed E-state index contributed by atoms with van der Waals surface area (Å²) in [5, 5.41) is 20.7. The van der Waals surface area contributed by atoms with Crippen LogP contribution >= 0.6 is 0 Å². The number of rotatable bonds is 5. The van der Waals surface area contributed by atoms with Crippen molar-refractivity contribution in [3.63, 3.8) is 0 Å². The van der Waals surface area contributed by atoms with Gasteiger partial charge in [-0.15, -0.1) is 0 Å². The molecule has 1 atom stereocenters. The molecule has 0 saturated heterocycles. The van der Waals surface area contributed by atoms with Gasteiger partial charge in [0.1, 0.15) is 12.4 Å². The summed E-state index contributed by atoms with van der Waals surface area (Å²) in [6.07, 6.45) is 0. The number of carbonyl (C=O) groups excluding carboxylic acids is 2. The van der Waals surface area contributed by atoms with E-state index in [1.165, 1.54) is 38.1 Å². The van der Waals surface area contributed by atoms with Gasteiger partial charge in [0.25, 0.3) is 5.91 Å². The molecule has 0 saturated carbocycles. The van der Waals surface area contributed by atoms with Crippen molar-refractivity contribution >= 4 is 28.7 Å². The first-order valence-electron chi connectivity index (χ1n) is 8.95. The van der Waals surface area contributed by atoms with Gasteiger partial charge in [-0.25, -0.2) is 8.78 Å². The zero-order valence-corrected chi connectivity index (χ0v) is 16.1. The van der Waals surface area contributed by atoms with E-state index in [1.54, 1.807) is 0 Å². The van der Waals surface area contributed by atoms with Crippen molar-refractivity contribution in [1.82, 2.24) is 9.88 Å². The quantitative estimate of drug-likeness (QED) is 0.593. The van der Waals surface area contributed by atoms with E-state index >= 15 is 0 Å². The maximum Gasteiger partial charge on any atom is 0.322 e. The number of nitrogens with one attached hydrogen (secondary N) is 1. The van der Waals surface area contributed by atoms with Crippen molar-refractivity contribution in [3.05, 3.63) is 64.9 Å². The molecule has 0 bridgehead atoms. The van der Waals surface area contributed by atoms with Gasteiger partial charge in [-0.3, -0.25) is 19.0 Å². The molecule has 30 heavy (non-hydrogen) atoms. The van der Waals surface area contributed by atoms with Crippen molar-refractivity contribution < 1.29 is 33.4 Å². The Bertz CT molecular complexity index is 1190. The molecular formula is C21H18F2N2O5. The molecule has 0 aliphatic rings. The summed E-state index contributed by atoms with van der Waals surface area (Å²) in [6, 6.07) is 7.37. The van der Waals surface area contributed by atoms with Gasteiger partial charge in [-0.05, 0) is 49.7 Å². The van der Waals surface area contributed by atoms with Crippen LogP contribution < -0.4 is 5.32 Å². The lowest BCUT2D eigenvalue weighted by Gasteiger charge is -2.13. The Hall–Kier alpha value is -3.75. The number of phenols is 1. The Morgan fingerprint density at radius 3 is 2.50 bits per heavy atom. The number of nitrogens with zero attached hydrogens (tertiary/aromatic N) is 1. The number of halogens is 2. The van der Waals surface area contributed by atoms with Crippen molar-refractivity contribution in [3.8, 4) is 5.75 Å². The third kappa shape index (κ3) is 3.61. The molecule has 1 amide bonds. The second-order valence-electron chi connectivity index (χ2n) is 6.78. The summed E-state index contributed by atoms with van der Waals surface area (Å²) in [4.78, 5) is 36.2. The summed E-state index contributed by atoms with van der Waals surface area (Å²) >= 11 is 0. The van der Waals surface area contributed by atoms with Crippen LogP contribution in [0.15, 0.2) is 36.4 Å². The maximum atomic E-state index is 14.9. The molecule has 0 fully saturated rings. The van der Waals surface area contributed by atoms with Gasteiger partial charge in [0, 0.05) is 16.6 Å². The van der Waals surface area contributed by atoms with Gasteiger partial charge in [-0.1, -0.05) is 6.07 Å². The fourth-order valence-corrected chi connectivity index (χ4v) is 3.47. The molecule has 0 unspecified atom stereocenters. The molecule has 7 nitrogen and oxygen atoms in total. The van der Waals surface area contributed by atoms with Gasteiger partial charge in [0.15, 0.2) is 11.6 Å². The second-order valence-corrected chi connectivity index (χ2v) is 6.78. The average molecular weight is 416 g/mol. The van der Waals surface area contributed by atoms with E-state index < -0.39 is 47.6 Å². The molecule has 156 valence electrons. The zero-order chi connectivity index (χ0) is 22.2. The number of amides is 1. The van der Waals surface area contributed by atoms with E-state index in [4.69, 9.17) is 5.11 Å². The summed E-state index contributed by atoms with van der Waals surface area (Å²) in [6.45, 7) is 2.29. The molecule has 0 radical (unpaired) electrons. The van der Waals surface area contributed by atoms with E-state index in [0.717, 1.165) is 16.7 Å². The molecule has 3 rings (SSSR count). The lowest BCUT2D eigenvalue weighted by atomic mass is 9.96. The van der Waals surface area contributed by atoms with E-state index in [9.17, 15) is 28.3 Å². The molecule has 0 aliphatic heterocycles. The molecule has 0 aliphatic carbocycles. The van der Waals surface area contributed by atoms with Gasteiger partial charge >= 0.3 is 5.97 Å². The number of hydrogen-bond acceptors (Lipinski definition) is 4. The monoisotopic (exact) mass is 416 g/mol. The summed E-state index contributed by atoms with van der Waals surface area (Å²) in [5.74, 6) is -5.94. The standard InChI is InChI=1S/C21H18F2N2O5/c1-10(20(29)24-9-16(27)28)17-11(2)25(14-6-7-15(26)19(23)18(14)17)21(30)12-4-3-5-13(22)8-12/h3-8,10,26H,9H2,1-2H3,(H,24,29)(H,27,28)/t10-/m1/s1. The van der Waals surface area contributed by atoms with Crippen molar-refractivity contribution in [2.24, 2.45) is 0 Å². The Morgan fingerprint density at radius 2 is 1.87 bits per heavy atom. The van der Waals surface area contributed by atoms with E-state index in [2.05, 4.69) is 5.32 Å². The molecule has 3 N–H and O–H groups in total. The number of fused-ring (bicyclic) bond motifs is 1. The number of carboxylic acid groups (broad SMARTS) is 1. The Kier molecular flexibility index (Phi) is 5.55. The van der Waals surface area contributed by atoms with Crippen LogP contribution in [0.4, 0.5) is 8.78 Å². The maximum absolute atomic E-state index is 14.9. The van der Waals surface area contributed by atoms with Crippen molar-refractivity contribution in [2.45, 2.75) is 19.8 Å². The number of aliphatic carboxylic acids is 1. The average Bonchev–Trinajstić information content (AvgIpc) is 3.00. The van der Waals surface area contributed by atoms with Crippen LogP contribution in [0.1, 0.15) is 34.5 Å². The highest BCUT2D eigenvalue weighted by Gasteiger charge is 2.29. The van der Waals surface area contributed by atoms with E-state index in [1.807, 2.05) is 0 Å². The highest BCUT2D eigenvalue weighted by atomic mass is 19.1. The lowest BCUT2D eigenvalue weighted by Crippen LogP contribution is -2.32. The molecule has 3 aromatic rings. The van der Waals surface area contributed by atoms with E-state index in [0.29, 0.717) is 0 Å². The largest absolute Gasteiger partial charge is 0.505 e. The first kappa shape index (κ1) is 21.0.